The number of nitrogens with one attached hydrogen (secondary N) is 1. The van der Waals surface area contributed by atoms with Crippen molar-refractivity contribution in [1.82, 2.24) is 15.4 Å². The zero-order valence-corrected chi connectivity index (χ0v) is 20.4. The van der Waals surface area contributed by atoms with E-state index in [1.165, 1.54) is 18.4 Å². The molecule has 3 rings (SSSR count). The number of rotatable bonds is 7. The SMILES string of the molecule is CCNC(=NCCc1c(C)noc1C)N1CCC(OCC2CCCCO2)CC1.I. The highest BCUT2D eigenvalue weighted by atomic mass is 127. The van der Waals surface area contributed by atoms with Gasteiger partial charge < -0.3 is 24.2 Å². The second-order valence-electron chi connectivity index (χ2n) is 7.80. The number of piperidine rings is 1. The molecule has 2 aliphatic rings. The predicted molar refractivity (Wildman–Crippen MR) is 125 cm³/mol. The summed E-state index contributed by atoms with van der Waals surface area (Å²) in [6, 6.07) is 0. The van der Waals surface area contributed by atoms with Gasteiger partial charge in [-0.1, -0.05) is 5.16 Å². The summed E-state index contributed by atoms with van der Waals surface area (Å²) < 4.78 is 17.2. The summed E-state index contributed by atoms with van der Waals surface area (Å²) >= 11 is 0. The third kappa shape index (κ3) is 7.40. The quantitative estimate of drug-likeness (QED) is 0.338. The van der Waals surface area contributed by atoms with E-state index in [1.807, 2.05) is 13.8 Å². The van der Waals surface area contributed by atoms with Crippen molar-refractivity contribution < 1.29 is 14.0 Å². The zero-order chi connectivity index (χ0) is 19.8. The molecule has 2 fully saturated rings. The minimum atomic E-state index is 0. The summed E-state index contributed by atoms with van der Waals surface area (Å²) in [5, 5.41) is 7.46. The third-order valence-corrected chi connectivity index (χ3v) is 5.67. The molecule has 1 atom stereocenters. The molecular formula is C21H37IN4O3. The topological polar surface area (TPSA) is 72.1 Å². The summed E-state index contributed by atoms with van der Waals surface area (Å²) in [6.07, 6.45) is 7.18. The van der Waals surface area contributed by atoms with Gasteiger partial charge in [-0.05, 0) is 59.3 Å². The molecule has 1 N–H and O–H groups in total. The van der Waals surface area contributed by atoms with Crippen LogP contribution in [0.2, 0.25) is 0 Å². The number of aliphatic imine (C=N–C) groups is 1. The summed E-state index contributed by atoms with van der Waals surface area (Å²) in [7, 11) is 0. The lowest BCUT2D eigenvalue weighted by molar-refractivity contribution is -0.0721. The first-order valence-corrected chi connectivity index (χ1v) is 10.9. The van der Waals surface area contributed by atoms with E-state index in [0.717, 1.165) is 82.5 Å². The number of hydrogen-bond donors (Lipinski definition) is 1. The molecule has 0 radical (unpaired) electrons. The molecule has 3 heterocycles. The molecule has 1 unspecified atom stereocenters. The molecule has 0 aliphatic carbocycles. The summed E-state index contributed by atoms with van der Waals surface area (Å²) in [5.74, 6) is 1.90. The molecule has 0 amide bonds. The normalized spacial score (nSPS) is 21.1. The maximum atomic E-state index is 6.14. The van der Waals surface area contributed by atoms with Crippen LogP contribution in [0.4, 0.5) is 0 Å². The molecule has 166 valence electrons. The Morgan fingerprint density at radius 3 is 2.66 bits per heavy atom. The number of likely N-dealkylation sites (tertiary alicyclic amines) is 1. The molecule has 0 saturated carbocycles. The lowest BCUT2D eigenvalue weighted by atomic mass is 10.1. The first-order valence-electron chi connectivity index (χ1n) is 10.9. The van der Waals surface area contributed by atoms with Gasteiger partial charge in [-0.15, -0.1) is 24.0 Å². The lowest BCUT2D eigenvalue weighted by Crippen LogP contribution is -2.47. The van der Waals surface area contributed by atoms with Crippen molar-refractivity contribution in [3.8, 4) is 0 Å². The summed E-state index contributed by atoms with van der Waals surface area (Å²) in [6.45, 7) is 11.3. The molecule has 0 bridgehead atoms. The van der Waals surface area contributed by atoms with Crippen LogP contribution in [-0.4, -0.2) is 67.6 Å². The molecule has 0 spiro atoms. The average molecular weight is 520 g/mol. The molecular weight excluding hydrogens is 483 g/mol. The van der Waals surface area contributed by atoms with Crippen molar-refractivity contribution >= 4 is 29.9 Å². The van der Waals surface area contributed by atoms with Gasteiger partial charge >= 0.3 is 0 Å². The van der Waals surface area contributed by atoms with Crippen LogP contribution in [0.25, 0.3) is 0 Å². The van der Waals surface area contributed by atoms with Crippen molar-refractivity contribution in [2.24, 2.45) is 4.99 Å². The number of halogens is 1. The number of aryl methyl sites for hydroxylation is 2. The first-order chi connectivity index (χ1) is 13.7. The van der Waals surface area contributed by atoms with Crippen molar-refractivity contribution in [1.29, 1.82) is 0 Å². The fourth-order valence-corrected chi connectivity index (χ4v) is 3.97. The van der Waals surface area contributed by atoms with E-state index < -0.39 is 0 Å². The fourth-order valence-electron chi connectivity index (χ4n) is 3.97. The second-order valence-corrected chi connectivity index (χ2v) is 7.80. The van der Waals surface area contributed by atoms with Crippen molar-refractivity contribution in [3.63, 3.8) is 0 Å². The van der Waals surface area contributed by atoms with Gasteiger partial charge in [-0.3, -0.25) is 4.99 Å². The summed E-state index contributed by atoms with van der Waals surface area (Å²) in [5.41, 5.74) is 2.15. The molecule has 2 aliphatic heterocycles. The van der Waals surface area contributed by atoms with Gasteiger partial charge in [0.05, 0.1) is 24.5 Å². The molecule has 8 heteroatoms. The van der Waals surface area contributed by atoms with Crippen LogP contribution in [-0.2, 0) is 15.9 Å². The van der Waals surface area contributed by atoms with Crippen LogP contribution in [0.1, 0.15) is 56.0 Å². The highest BCUT2D eigenvalue weighted by Crippen LogP contribution is 2.18. The number of hydrogen-bond acceptors (Lipinski definition) is 5. The van der Waals surface area contributed by atoms with Crippen LogP contribution < -0.4 is 5.32 Å². The lowest BCUT2D eigenvalue weighted by Gasteiger charge is -2.35. The highest BCUT2D eigenvalue weighted by molar-refractivity contribution is 14.0. The molecule has 2 saturated heterocycles. The van der Waals surface area contributed by atoms with Crippen LogP contribution in [0, 0.1) is 13.8 Å². The Morgan fingerprint density at radius 2 is 2.03 bits per heavy atom. The van der Waals surface area contributed by atoms with Gasteiger partial charge in [-0.25, -0.2) is 0 Å². The zero-order valence-electron chi connectivity index (χ0n) is 18.1. The Labute approximate surface area is 192 Å². The smallest absolute Gasteiger partial charge is 0.193 e. The fraction of sp³-hybridized carbons (Fsp3) is 0.810. The molecule has 1 aromatic rings. The Balaban J connectivity index is 0.00000300. The van der Waals surface area contributed by atoms with Gasteiger partial charge in [0.25, 0.3) is 0 Å². The number of aromatic nitrogens is 1. The first kappa shape index (κ1) is 24.4. The molecule has 29 heavy (non-hydrogen) atoms. The highest BCUT2D eigenvalue weighted by Gasteiger charge is 2.23. The predicted octanol–water partition coefficient (Wildman–Crippen LogP) is 3.47. The van der Waals surface area contributed by atoms with E-state index in [4.69, 9.17) is 19.0 Å². The van der Waals surface area contributed by atoms with Crippen LogP contribution in [0.5, 0.6) is 0 Å². The third-order valence-electron chi connectivity index (χ3n) is 5.67. The van der Waals surface area contributed by atoms with E-state index in [0.29, 0.717) is 12.2 Å². The van der Waals surface area contributed by atoms with Gasteiger partial charge in [0, 0.05) is 38.3 Å². The number of ether oxygens (including phenoxy) is 2. The van der Waals surface area contributed by atoms with E-state index in [2.05, 4.69) is 22.3 Å². The largest absolute Gasteiger partial charge is 0.376 e. The minimum Gasteiger partial charge on any atom is -0.376 e. The van der Waals surface area contributed by atoms with E-state index in [-0.39, 0.29) is 24.0 Å². The maximum Gasteiger partial charge on any atom is 0.193 e. The van der Waals surface area contributed by atoms with E-state index >= 15 is 0 Å². The summed E-state index contributed by atoms with van der Waals surface area (Å²) in [4.78, 5) is 7.19. The maximum absolute atomic E-state index is 6.14. The molecule has 1 aromatic heterocycles. The van der Waals surface area contributed by atoms with Gasteiger partial charge in [0.2, 0.25) is 0 Å². The average Bonchev–Trinajstić information content (AvgIpc) is 3.05. The number of nitrogens with zero attached hydrogens (tertiary/aromatic N) is 3. The van der Waals surface area contributed by atoms with Gasteiger partial charge in [0.1, 0.15) is 5.76 Å². The second kappa shape index (κ2) is 12.7. The van der Waals surface area contributed by atoms with E-state index in [1.54, 1.807) is 0 Å². The Morgan fingerprint density at radius 1 is 1.24 bits per heavy atom. The standard InChI is InChI=1S/C21H36N4O3.HI/c1-4-22-21(23-11-8-20-16(2)24-28-17(20)3)25-12-9-18(10-13-25)27-15-19-7-5-6-14-26-19;/h18-19H,4-15H2,1-3H3,(H,22,23);1H. The monoisotopic (exact) mass is 520 g/mol. The Hall–Kier alpha value is -0.870. The Bertz CT molecular complexity index is 604. The van der Waals surface area contributed by atoms with Gasteiger partial charge in [0.15, 0.2) is 5.96 Å². The van der Waals surface area contributed by atoms with Crippen LogP contribution in [0.15, 0.2) is 9.52 Å². The molecule has 0 aromatic carbocycles. The minimum absolute atomic E-state index is 0. The van der Waals surface area contributed by atoms with Gasteiger partial charge in [-0.2, -0.15) is 0 Å². The van der Waals surface area contributed by atoms with Crippen molar-refractivity contribution in [2.75, 3.05) is 39.4 Å². The van der Waals surface area contributed by atoms with Crippen LogP contribution in [0.3, 0.4) is 0 Å². The van der Waals surface area contributed by atoms with Crippen molar-refractivity contribution in [3.05, 3.63) is 17.0 Å². The Kier molecular flexibility index (Phi) is 10.7. The van der Waals surface area contributed by atoms with Crippen molar-refractivity contribution in [2.45, 2.75) is 71.5 Å². The van der Waals surface area contributed by atoms with E-state index in [9.17, 15) is 0 Å². The molecule has 7 nitrogen and oxygen atoms in total. The van der Waals surface area contributed by atoms with Crippen LogP contribution >= 0.6 is 24.0 Å². The number of guanidine groups is 1.